The second kappa shape index (κ2) is 3.63. The molecule has 1 aromatic heterocycles. The highest BCUT2D eigenvalue weighted by Crippen LogP contribution is 2.15. The molecule has 1 aromatic rings. The van der Waals surface area contributed by atoms with E-state index < -0.39 is 0 Å². The molecular weight excluding hydrogens is 152 g/mol. The van der Waals surface area contributed by atoms with E-state index in [-0.39, 0.29) is 6.61 Å². The maximum Gasteiger partial charge on any atom is 0.125 e. The monoisotopic (exact) mass is 166 g/mol. The summed E-state index contributed by atoms with van der Waals surface area (Å²) in [6, 6.07) is 0. The van der Waals surface area contributed by atoms with Gasteiger partial charge in [-0.05, 0) is 12.8 Å². The minimum absolute atomic E-state index is 0.0216. The number of aryl methyl sites for hydroxylation is 1. The smallest absolute Gasteiger partial charge is 0.125 e. The van der Waals surface area contributed by atoms with Crippen LogP contribution in [0.4, 0.5) is 0 Å². The third kappa shape index (κ3) is 1.80. The predicted molar refractivity (Wildman–Crippen MR) is 46.8 cm³/mol. The lowest BCUT2D eigenvalue weighted by atomic mass is 10.1. The Balaban J connectivity index is 3.12. The minimum atomic E-state index is 0.0216. The highest BCUT2D eigenvalue weighted by Gasteiger charge is 2.07. The normalized spacial score (nSPS) is 10.8. The molecule has 0 amide bonds. The van der Waals surface area contributed by atoms with E-state index in [1.165, 1.54) is 0 Å². The molecule has 0 aliphatic carbocycles. The summed E-state index contributed by atoms with van der Waals surface area (Å²) in [6.07, 6.45) is 1.69. The quantitative estimate of drug-likeness (QED) is 0.722. The fourth-order valence-corrected chi connectivity index (χ4v) is 1.13. The fraction of sp³-hybridized carbons (Fsp3) is 0.556. The van der Waals surface area contributed by atoms with Crippen molar-refractivity contribution in [3.8, 4) is 0 Å². The molecule has 0 saturated carbocycles. The van der Waals surface area contributed by atoms with E-state index in [1.807, 2.05) is 6.92 Å². The van der Waals surface area contributed by atoms with Gasteiger partial charge in [0.2, 0.25) is 0 Å². The van der Waals surface area contributed by atoms with Crippen LogP contribution in [0.25, 0.3) is 0 Å². The maximum atomic E-state index is 8.98. The first-order valence-corrected chi connectivity index (χ1v) is 4.08. The zero-order valence-corrected chi connectivity index (χ0v) is 7.70. The van der Waals surface area contributed by atoms with Gasteiger partial charge in [-0.25, -0.2) is 9.97 Å². The van der Waals surface area contributed by atoms with Gasteiger partial charge in [0.25, 0.3) is 0 Å². The lowest BCUT2D eigenvalue weighted by Gasteiger charge is -2.09. The van der Waals surface area contributed by atoms with Crippen molar-refractivity contribution < 1.29 is 5.11 Å². The Morgan fingerprint density at radius 1 is 1.50 bits per heavy atom. The molecule has 0 unspecified atom stereocenters. The second-order valence-electron chi connectivity index (χ2n) is 3.14. The summed E-state index contributed by atoms with van der Waals surface area (Å²) in [4.78, 5) is 8.29. The molecule has 3 heteroatoms. The third-order valence-electron chi connectivity index (χ3n) is 1.74. The lowest BCUT2D eigenvalue weighted by molar-refractivity contribution is 0.278. The van der Waals surface area contributed by atoms with Crippen molar-refractivity contribution in [1.29, 1.82) is 0 Å². The van der Waals surface area contributed by atoms with Crippen molar-refractivity contribution >= 4 is 0 Å². The summed E-state index contributed by atoms with van der Waals surface area (Å²) in [5.74, 6) is 1.10. The molecule has 1 rings (SSSR count). The van der Waals surface area contributed by atoms with E-state index in [0.717, 1.165) is 17.1 Å². The maximum absolute atomic E-state index is 8.98. The molecule has 0 fully saturated rings. The van der Waals surface area contributed by atoms with Gasteiger partial charge in [-0.15, -0.1) is 0 Å². The average molecular weight is 166 g/mol. The van der Waals surface area contributed by atoms with Gasteiger partial charge in [-0.1, -0.05) is 13.8 Å². The van der Waals surface area contributed by atoms with Crippen molar-refractivity contribution in [3.05, 3.63) is 23.3 Å². The number of nitrogens with zero attached hydrogens (tertiary/aromatic N) is 2. The van der Waals surface area contributed by atoms with Crippen LogP contribution in [0.5, 0.6) is 0 Å². The number of hydrogen-bond acceptors (Lipinski definition) is 3. The predicted octanol–water partition coefficient (Wildman–Crippen LogP) is 1.40. The Hall–Kier alpha value is -0.960. The molecular formula is C9H14N2O. The van der Waals surface area contributed by atoms with Crippen LogP contribution in [0.15, 0.2) is 6.20 Å². The number of rotatable bonds is 2. The zero-order valence-electron chi connectivity index (χ0n) is 7.70. The standard InChI is InChI=1S/C9H14N2O/c1-6(2)9-8(5-12)4-10-7(3)11-9/h4,6,12H,5H2,1-3H3. The first-order valence-electron chi connectivity index (χ1n) is 4.08. The van der Waals surface area contributed by atoms with Gasteiger partial charge < -0.3 is 5.11 Å². The summed E-state index contributed by atoms with van der Waals surface area (Å²) in [6.45, 7) is 5.99. The van der Waals surface area contributed by atoms with Crippen LogP contribution >= 0.6 is 0 Å². The number of hydrogen-bond donors (Lipinski definition) is 1. The highest BCUT2D eigenvalue weighted by molar-refractivity contribution is 5.19. The van der Waals surface area contributed by atoms with Gasteiger partial charge in [0.05, 0.1) is 12.3 Å². The number of aliphatic hydroxyl groups is 1. The van der Waals surface area contributed by atoms with E-state index in [0.29, 0.717) is 5.92 Å². The molecule has 0 aromatic carbocycles. The Bertz CT molecular complexity index is 271. The van der Waals surface area contributed by atoms with Crippen molar-refractivity contribution in [2.45, 2.75) is 33.3 Å². The van der Waals surface area contributed by atoms with E-state index in [4.69, 9.17) is 5.11 Å². The van der Waals surface area contributed by atoms with Crippen LogP contribution in [0.2, 0.25) is 0 Å². The van der Waals surface area contributed by atoms with Gasteiger partial charge >= 0.3 is 0 Å². The topological polar surface area (TPSA) is 46.0 Å². The van der Waals surface area contributed by atoms with Crippen molar-refractivity contribution in [2.75, 3.05) is 0 Å². The molecule has 0 aliphatic heterocycles. The van der Waals surface area contributed by atoms with Crippen LogP contribution in [0, 0.1) is 6.92 Å². The first kappa shape index (κ1) is 9.13. The Labute approximate surface area is 72.5 Å². The van der Waals surface area contributed by atoms with Gasteiger partial charge in [0, 0.05) is 11.8 Å². The molecule has 0 atom stereocenters. The molecule has 1 heterocycles. The summed E-state index contributed by atoms with van der Waals surface area (Å²) in [5, 5.41) is 8.98. The lowest BCUT2D eigenvalue weighted by Crippen LogP contribution is -2.03. The molecule has 3 nitrogen and oxygen atoms in total. The molecule has 0 radical (unpaired) electrons. The first-order chi connectivity index (χ1) is 5.65. The van der Waals surface area contributed by atoms with Crippen LogP contribution in [0.3, 0.4) is 0 Å². The van der Waals surface area contributed by atoms with Crippen LogP contribution in [-0.4, -0.2) is 15.1 Å². The molecule has 0 aliphatic rings. The van der Waals surface area contributed by atoms with Gasteiger partial charge in [0.1, 0.15) is 5.82 Å². The SMILES string of the molecule is Cc1ncc(CO)c(C(C)C)n1. The molecule has 1 N–H and O–H groups in total. The third-order valence-corrected chi connectivity index (χ3v) is 1.74. The summed E-state index contributed by atoms with van der Waals surface area (Å²) in [5.41, 5.74) is 1.78. The minimum Gasteiger partial charge on any atom is -0.392 e. The highest BCUT2D eigenvalue weighted by atomic mass is 16.3. The van der Waals surface area contributed by atoms with Crippen LogP contribution in [0.1, 0.15) is 36.8 Å². The Morgan fingerprint density at radius 3 is 2.67 bits per heavy atom. The number of aliphatic hydroxyl groups excluding tert-OH is 1. The molecule has 12 heavy (non-hydrogen) atoms. The van der Waals surface area contributed by atoms with Crippen molar-refractivity contribution in [3.63, 3.8) is 0 Å². The van der Waals surface area contributed by atoms with E-state index in [2.05, 4.69) is 23.8 Å². The number of aromatic nitrogens is 2. The van der Waals surface area contributed by atoms with Gasteiger partial charge in [-0.2, -0.15) is 0 Å². The zero-order chi connectivity index (χ0) is 9.14. The second-order valence-corrected chi connectivity index (χ2v) is 3.14. The molecule has 0 bridgehead atoms. The van der Waals surface area contributed by atoms with Crippen molar-refractivity contribution in [1.82, 2.24) is 9.97 Å². The summed E-state index contributed by atoms with van der Waals surface area (Å²) < 4.78 is 0. The van der Waals surface area contributed by atoms with Gasteiger partial charge in [-0.3, -0.25) is 0 Å². The van der Waals surface area contributed by atoms with E-state index in [1.54, 1.807) is 6.20 Å². The van der Waals surface area contributed by atoms with E-state index in [9.17, 15) is 0 Å². The molecule has 0 spiro atoms. The largest absolute Gasteiger partial charge is 0.392 e. The molecule has 0 saturated heterocycles. The van der Waals surface area contributed by atoms with E-state index >= 15 is 0 Å². The fourth-order valence-electron chi connectivity index (χ4n) is 1.13. The van der Waals surface area contributed by atoms with Crippen LogP contribution in [-0.2, 0) is 6.61 Å². The van der Waals surface area contributed by atoms with Crippen LogP contribution < -0.4 is 0 Å². The summed E-state index contributed by atoms with van der Waals surface area (Å²) in [7, 11) is 0. The van der Waals surface area contributed by atoms with Gasteiger partial charge in [0.15, 0.2) is 0 Å². The average Bonchev–Trinajstić information content (AvgIpc) is 2.04. The van der Waals surface area contributed by atoms with Crippen molar-refractivity contribution in [2.24, 2.45) is 0 Å². The Morgan fingerprint density at radius 2 is 2.17 bits per heavy atom. The Kier molecular flexibility index (Phi) is 2.76. The summed E-state index contributed by atoms with van der Waals surface area (Å²) >= 11 is 0. The molecule has 66 valence electrons.